The van der Waals surface area contributed by atoms with Gasteiger partial charge >= 0.3 is 0 Å². The SMILES string of the molecule is CN(Cc1cnns1)/C(N)=N/O. The maximum Gasteiger partial charge on any atom is 0.233 e. The third-order valence-electron chi connectivity index (χ3n) is 1.29. The first-order valence-corrected chi connectivity index (χ1v) is 3.96. The van der Waals surface area contributed by atoms with E-state index >= 15 is 0 Å². The van der Waals surface area contributed by atoms with Crippen LogP contribution < -0.4 is 5.73 Å². The highest BCUT2D eigenvalue weighted by atomic mass is 32.1. The van der Waals surface area contributed by atoms with Crippen LogP contribution in [0.3, 0.4) is 0 Å². The standard InChI is InChI=1S/C5H9N5OS/c1-10(5(6)8-11)3-4-2-7-9-12-4/h2,11H,3H2,1H3,(H2,6,8). The van der Waals surface area contributed by atoms with Crippen molar-refractivity contribution < 1.29 is 5.21 Å². The van der Waals surface area contributed by atoms with Gasteiger partial charge in [-0.15, -0.1) is 5.10 Å². The summed E-state index contributed by atoms with van der Waals surface area (Å²) in [4.78, 5) is 2.55. The second kappa shape index (κ2) is 3.86. The van der Waals surface area contributed by atoms with Crippen LogP contribution >= 0.6 is 11.5 Å². The summed E-state index contributed by atoms with van der Waals surface area (Å²) in [6.07, 6.45) is 1.64. The van der Waals surface area contributed by atoms with Crippen molar-refractivity contribution >= 4 is 17.5 Å². The summed E-state index contributed by atoms with van der Waals surface area (Å²) in [5.41, 5.74) is 5.32. The van der Waals surface area contributed by atoms with Gasteiger partial charge in [-0.25, -0.2) is 0 Å². The van der Waals surface area contributed by atoms with Crippen molar-refractivity contribution in [3.05, 3.63) is 11.1 Å². The number of rotatable bonds is 2. The minimum absolute atomic E-state index is 0.0726. The summed E-state index contributed by atoms with van der Waals surface area (Å²) in [7, 11) is 1.72. The van der Waals surface area contributed by atoms with E-state index in [2.05, 4.69) is 14.7 Å². The van der Waals surface area contributed by atoms with Gasteiger partial charge < -0.3 is 15.8 Å². The van der Waals surface area contributed by atoms with Crippen LogP contribution in [0.4, 0.5) is 0 Å². The predicted octanol–water partition coefficient (Wildman–Crippen LogP) is -0.326. The fourth-order valence-corrected chi connectivity index (χ4v) is 1.19. The Bertz CT molecular complexity index is 259. The molecule has 6 nitrogen and oxygen atoms in total. The molecule has 1 rings (SSSR count). The van der Waals surface area contributed by atoms with Gasteiger partial charge in [-0.3, -0.25) is 0 Å². The van der Waals surface area contributed by atoms with Crippen molar-refractivity contribution in [2.45, 2.75) is 6.54 Å². The topological polar surface area (TPSA) is 87.6 Å². The molecule has 3 N–H and O–H groups in total. The van der Waals surface area contributed by atoms with Gasteiger partial charge in [0.1, 0.15) is 0 Å². The number of hydrogen-bond acceptors (Lipinski definition) is 5. The first-order chi connectivity index (χ1) is 5.74. The van der Waals surface area contributed by atoms with Crippen LogP contribution in [0.1, 0.15) is 4.88 Å². The van der Waals surface area contributed by atoms with E-state index in [1.807, 2.05) is 0 Å². The Kier molecular flexibility index (Phi) is 2.81. The Hall–Kier alpha value is -1.37. The summed E-state index contributed by atoms with van der Waals surface area (Å²) in [6, 6.07) is 0. The number of oxime groups is 1. The van der Waals surface area contributed by atoms with E-state index in [4.69, 9.17) is 10.9 Å². The second-order valence-corrected chi connectivity index (χ2v) is 3.07. The van der Waals surface area contributed by atoms with Gasteiger partial charge in [-0.05, 0) is 11.5 Å². The van der Waals surface area contributed by atoms with Gasteiger partial charge in [-0.2, -0.15) is 0 Å². The molecule has 0 amide bonds. The molecule has 0 spiro atoms. The first kappa shape index (κ1) is 8.72. The zero-order chi connectivity index (χ0) is 8.97. The lowest BCUT2D eigenvalue weighted by molar-refractivity contribution is 0.304. The first-order valence-electron chi connectivity index (χ1n) is 3.19. The van der Waals surface area contributed by atoms with Crippen LogP contribution in [0.25, 0.3) is 0 Å². The van der Waals surface area contributed by atoms with Gasteiger partial charge in [-0.1, -0.05) is 9.64 Å². The molecule has 7 heteroatoms. The maximum absolute atomic E-state index is 8.33. The van der Waals surface area contributed by atoms with Crippen LogP contribution in [0.5, 0.6) is 0 Å². The van der Waals surface area contributed by atoms with Gasteiger partial charge in [0.15, 0.2) is 0 Å². The highest BCUT2D eigenvalue weighted by molar-refractivity contribution is 7.05. The second-order valence-electron chi connectivity index (χ2n) is 2.20. The summed E-state index contributed by atoms with van der Waals surface area (Å²) in [6.45, 7) is 0.549. The molecule has 1 heterocycles. The molecule has 0 saturated heterocycles. The Balaban J connectivity index is 2.53. The third kappa shape index (κ3) is 2.06. The minimum Gasteiger partial charge on any atom is -0.408 e. The molecule has 0 unspecified atom stereocenters. The molecule has 12 heavy (non-hydrogen) atoms. The third-order valence-corrected chi connectivity index (χ3v) is 1.94. The van der Waals surface area contributed by atoms with E-state index in [-0.39, 0.29) is 5.96 Å². The molecular weight excluding hydrogens is 178 g/mol. The highest BCUT2D eigenvalue weighted by Gasteiger charge is 2.04. The van der Waals surface area contributed by atoms with Crippen molar-refractivity contribution in [1.29, 1.82) is 0 Å². The minimum atomic E-state index is 0.0726. The fourth-order valence-electron chi connectivity index (χ4n) is 0.648. The quantitative estimate of drug-likeness (QED) is 0.286. The number of guanidine groups is 1. The van der Waals surface area contributed by atoms with Crippen molar-refractivity contribution in [1.82, 2.24) is 14.5 Å². The van der Waals surface area contributed by atoms with E-state index < -0.39 is 0 Å². The van der Waals surface area contributed by atoms with Crippen LogP contribution in [0.2, 0.25) is 0 Å². The maximum atomic E-state index is 8.33. The molecule has 0 atom stereocenters. The normalized spacial score (nSPS) is 11.6. The molecule has 0 radical (unpaired) electrons. The molecule has 1 aromatic heterocycles. The number of nitrogens with two attached hydrogens (primary N) is 1. The Morgan fingerprint density at radius 2 is 2.67 bits per heavy atom. The zero-order valence-electron chi connectivity index (χ0n) is 6.51. The Labute approximate surface area is 73.5 Å². The van der Waals surface area contributed by atoms with E-state index in [0.29, 0.717) is 6.54 Å². The molecule has 0 bridgehead atoms. The fraction of sp³-hybridized carbons (Fsp3) is 0.400. The van der Waals surface area contributed by atoms with Crippen LogP contribution in [-0.4, -0.2) is 32.7 Å². The van der Waals surface area contributed by atoms with E-state index in [1.54, 1.807) is 18.1 Å². The molecular formula is C5H9N5OS. The zero-order valence-corrected chi connectivity index (χ0v) is 7.32. The monoisotopic (exact) mass is 187 g/mol. The Morgan fingerprint density at radius 3 is 3.17 bits per heavy atom. The molecule has 0 aliphatic heterocycles. The smallest absolute Gasteiger partial charge is 0.233 e. The summed E-state index contributed by atoms with van der Waals surface area (Å²) < 4.78 is 3.68. The summed E-state index contributed by atoms with van der Waals surface area (Å²) in [5.74, 6) is 0.0726. The molecule has 0 fully saturated rings. The van der Waals surface area contributed by atoms with E-state index in [0.717, 1.165) is 4.88 Å². The van der Waals surface area contributed by atoms with Crippen molar-refractivity contribution in [2.24, 2.45) is 10.9 Å². The van der Waals surface area contributed by atoms with Crippen molar-refractivity contribution in [2.75, 3.05) is 7.05 Å². The van der Waals surface area contributed by atoms with Crippen LogP contribution in [-0.2, 0) is 6.54 Å². The summed E-state index contributed by atoms with van der Waals surface area (Å²) in [5, 5.41) is 14.8. The molecule has 0 saturated carbocycles. The Morgan fingerprint density at radius 1 is 1.92 bits per heavy atom. The molecule has 66 valence electrons. The largest absolute Gasteiger partial charge is 0.408 e. The lowest BCUT2D eigenvalue weighted by atomic mass is 10.5. The number of hydrogen-bond donors (Lipinski definition) is 2. The van der Waals surface area contributed by atoms with Crippen molar-refractivity contribution in [3.63, 3.8) is 0 Å². The van der Waals surface area contributed by atoms with Crippen LogP contribution in [0, 0.1) is 0 Å². The van der Waals surface area contributed by atoms with Gasteiger partial charge in [0.05, 0.1) is 17.6 Å². The number of nitrogens with zero attached hydrogens (tertiary/aromatic N) is 4. The highest BCUT2D eigenvalue weighted by Crippen LogP contribution is 2.04. The lowest BCUT2D eigenvalue weighted by Gasteiger charge is -2.14. The van der Waals surface area contributed by atoms with Crippen LogP contribution in [0.15, 0.2) is 11.4 Å². The number of aromatic nitrogens is 2. The van der Waals surface area contributed by atoms with Gasteiger partial charge in [0.2, 0.25) is 5.96 Å². The molecule has 0 aliphatic rings. The van der Waals surface area contributed by atoms with Gasteiger partial charge in [0, 0.05) is 7.05 Å². The van der Waals surface area contributed by atoms with E-state index in [9.17, 15) is 0 Å². The average Bonchev–Trinajstić information content (AvgIpc) is 2.55. The van der Waals surface area contributed by atoms with Gasteiger partial charge in [0.25, 0.3) is 0 Å². The molecule has 0 aliphatic carbocycles. The average molecular weight is 187 g/mol. The molecule has 1 aromatic rings. The van der Waals surface area contributed by atoms with Crippen molar-refractivity contribution in [3.8, 4) is 0 Å². The summed E-state index contributed by atoms with van der Waals surface area (Å²) >= 11 is 1.28. The lowest BCUT2D eigenvalue weighted by Crippen LogP contribution is -2.33. The predicted molar refractivity (Wildman–Crippen MR) is 44.8 cm³/mol. The van der Waals surface area contributed by atoms with E-state index in [1.165, 1.54) is 11.5 Å². The molecule has 0 aromatic carbocycles.